The van der Waals surface area contributed by atoms with Gasteiger partial charge in [0.1, 0.15) is 5.75 Å². The Morgan fingerprint density at radius 2 is 1.91 bits per heavy atom. The van der Waals surface area contributed by atoms with Crippen molar-refractivity contribution in [2.24, 2.45) is 7.05 Å². The molecule has 0 saturated carbocycles. The molecule has 0 saturated heterocycles. The Balaban J connectivity index is 2.37. The van der Waals surface area contributed by atoms with Gasteiger partial charge in [0.05, 0.1) is 12.8 Å². The third-order valence-corrected chi connectivity index (χ3v) is 3.90. The number of methoxy groups -OCH3 is 1. The van der Waals surface area contributed by atoms with E-state index in [1.165, 1.54) is 0 Å². The van der Waals surface area contributed by atoms with Crippen LogP contribution >= 0.6 is 0 Å². The average Bonchev–Trinajstić information content (AvgIpc) is 2.57. The summed E-state index contributed by atoms with van der Waals surface area (Å²) in [5.74, 6) is 0.740. The lowest BCUT2D eigenvalue weighted by Gasteiger charge is -2.13. The highest BCUT2D eigenvalue weighted by Crippen LogP contribution is 2.27. The molecule has 1 aromatic heterocycles. The van der Waals surface area contributed by atoms with Gasteiger partial charge in [-0.25, -0.2) is 0 Å². The Morgan fingerprint density at radius 3 is 2.64 bits per heavy atom. The van der Waals surface area contributed by atoms with Gasteiger partial charge in [0, 0.05) is 18.0 Å². The van der Waals surface area contributed by atoms with Gasteiger partial charge >= 0.3 is 0 Å². The van der Waals surface area contributed by atoms with E-state index < -0.39 is 0 Å². The van der Waals surface area contributed by atoms with Crippen molar-refractivity contribution in [1.29, 1.82) is 0 Å². The molecule has 0 amide bonds. The fourth-order valence-electron chi connectivity index (χ4n) is 2.68. The molecule has 22 heavy (non-hydrogen) atoms. The smallest absolute Gasteiger partial charge is 0.258 e. The molecule has 2 aromatic carbocycles. The Kier molecular flexibility index (Phi) is 3.55. The lowest BCUT2D eigenvalue weighted by Crippen LogP contribution is -2.18. The Morgan fingerprint density at radius 1 is 1.14 bits per heavy atom. The highest BCUT2D eigenvalue weighted by atomic mass is 16.5. The van der Waals surface area contributed by atoms with Gasteiger partial charge in [-0.05, 0) is 35.2 Å². The van der Waals surface area contributed by atoms with Crippen molar-refractivity contribution < 1.29 is 4.74 Å². The predicted octanol–water partition coefficient (Wildman–Crippen LogP) is 3.86. The van der Waals surface area contributed by atoms with Crippen molar-refractivity contribution in [3.63, 3.8) is 0 Å². The number of hydrogen-bond donors (Lipinski definition) is 0. The van der Waals surface area contributed by atoms with Gasteiger partial charge in [-0.15, -0.1) is 0 Å². The first kappa shape index (κ1) is 14.1. The molecule has 0 radical (unpaired) electrons. The number of pyridine rings is 1. The fourth-order valence-corrected chi connectivity index (χ4v) is 2.68. The zero-order valence-corrected chi connectivity index (χ0v) is 12.7. The first-order valence-electron chi connectivity index (χ1n) is 7.05. The molecule has 3 aromatic rings. The number of rotatable bonds is 3. The molecule has 0 fully saturated rings. The number of fused-ring (bicyclic) bond motifs is 1. The SMILES string of the molecule is C=Cc1ccccc1-c1cc2cc(OC)ccc2c(=O)n1C. The van der Waals surface area contributed by atoms with Gasteiger partial charge in [0.15, 0.2) is 0 Å². The molecule has 110 valence electrons. The molecule has 3 rings (SSSR count). The predicted molar refractivity (Wildman–Crippen MR) is 91.3 cm³/mol. The van der Waals surface area contributed by atoms with E-state index in [9.17, 15) is 4.79 Å². The Labute approximate surface area is 129 Å². The van der Waals surface area contributed by atoms with Crippen molar-refractivity contribution in [3.05, 3.63) is 71.0 Å². The van der Waals surface area contributed by atoms with E-state index in [4.69, 9.17) is 4.74 Å². The van der Waals surface area contributed by atoms with E-state index >= 15 is 0 Å². The van der Waals surface area contributed by atoms with Gasteiger partial charge in [-0.1, -0.05) is 36.9 Å². The van der Waals surface area contributed by atoms with Gasteiger partial charge < -0.3 is 9.30 Å². The molecule has 0 unspecified atom stereocenters. The van der Waals surface area contributed by atoms with Crippen molar-refractivity contribution >= 4 is 16.8 Å². The minimum atomic E-state index is -0.0194. The zero-order valence-electron chi connectivity index (χ0n) is 12.7. The van der Waals surface area contributed by atoms with Crippen LogP contribution in [0.15, 0.2) is 59.9 Å². The number of ether oxygens (including phenoxy) is 1. The van der Waals surface area contributed by atoms with Crippen molar-refractivity contribution in [2.45, 2.75) is 0 Å². The van der Waals surface area contributed by atoms with E-state index in [0.717, 1.165) is 28.0 Å². The average molecular weight is 291 g/mol. The molecule has 0 aliphatic heterocycles. The molecule has 0 spiro atoms. The van der Waals surface area contributed by atoms with Crippen molar-refractivity contribution in [2.75, 3.05) is 7.11 Å². The van der Waals surface area contributed by atoms with E-state index in [1.807, 2.05) is 36.4 Å². The van der Waals surface area contributed by atoms with Crippen LogP contribution in [0.25, 0.3) is 28.1 Å². The summed E-state index contributed by atoms with van der Waals surface area (Å²) >= 11 is 0. The second-order valence-corrected chi connectivity index (χ2v) is 5.14. The molecule has 0 atom stereocenters. The number of nitrogens with zero attached hydrogens (tertiary/aromatic N) is 1. The second kappa shape index (κ2) is 5.53. The zero-order chi connectivity index (χ0) is 15.7. The van der Waals surface area contributed by atoms with E-state index in [1.54, 1.807) is 36.9 Å². The topological polar surface area (TPSA) is 31.2 Å². The maximum atomic E-state index is 12.6. The maximum Gasteiger partial charge on any atom is 0.258 e. The number of hydrogen-bond acceptors (Lipinski definition) is 2. The summed E-state index contributed by atoms with van der Waals surface area (Å²) < 4.78 is 6.94. The summed E-state index contributed by atoms with van der Waals surface area (Å²) in [4.78, 5) is 12.6. The Bertz CT molecular complexity index is 922. The van der Waals surface area contributed by atoms with Crippen LogP contribution < -0.4 is 10.3 Å². The molecule has 1 heterocycles. The summed E-state index contributed by atoms with van der Waals surface area (Å²) in [6, 6.07) is 15.4. The van der Waals surface area contributed by atoms with Crippen molar-refractivity contribution in [1.82, 2.24) is 4.57 Å². The first-order chi connectivity index (χ1) is 10.7. The highest BCUT2D eigenvalue weighted by Gasteiger charge is 2.11. The molecular formula is C19H17NO2. The third kappa shape index (κ3) is 2.21. The van der Waals surface area contributed by atoms with Crippen LogP contribution in [-0.2, 0) is 7.05 Å². The van der Waals surface area contributed by atoms with E-state index in [0.29, 0.717) is 5.39 Å². The summed E-state index contributed by atoms with van der Waals surface area (Å²) in [6.07, 6.45) is 1.80. The van der Waals surface area contributed by atoms with Crippen LogP contribution in [-0.4, -0.2) is 11.7 Å². The van der Waals surface area contributed by atoms with Crippen LogP contribution in [0, 0.1) is 0 Å². The molecule has 0 aliphatic carbocycles. The molecule has 0 aliphatic rings. The molecule has 0 N–H and O–H groups in total. The van der Waals surface area contributed by atoms with Gasteiger partial charge in [0.2, 0.25) is 0 Å². The summed E-state index contributed by atoms with van der Waals surface area (Å²) in [7, 11) is 3.41. The monoisotopic (exact) mass is 291 g/mol. The normalized spacial score (nSPS) is 10.6. The van der Waals surface area contributed by atoms with Crippen LogP contribution in [0.4, 0.5) is 0 Å². The summed E-state index contributed by atoms with van der Waals surface area (Å²) in [5.41, 5.74) is 2.83. The molecular weight excluding hydrogens is 274 g/mol. The second-order valence-electron chi connectivity index (χ2n) is 5.14. The summed E-state index contributed by atoms with van der Waals surface area (Å²) in [6.45, 7) is 3.85. The van der Waals surface area contributed by atoms with Gasteiger partial charge in [0.25, 0.3) is 5.56 Å². The molecule has 3 nitrogen and oxygen atoms in total. The van der Waals surface area contributed by atoms with Gasteiger partial charge in [-0.2, -0.15) is 0 Å². The maximum absolute atomic E-state index is 12.6. The Hall–Kier alpha value is -2.81. The largest absolute Gasteiger partial charge is 0.497 e. The van der Waals surface area contributed by atoms with Crippen LogP contribution in [0.3, 0.4) is 0 Å². The summed E-state index contributed by atoms with van der Waals surface area (Å²) in [5, 5.41) is 1.56. The third-order valence-electron chi connectivity index (χ3n) is 3.90. The van der Waals surface area contributed by atoms with Crippen LogP contribution in [0.2, 0.25) is 0 Å². The standard InChI is InChI=1S/C19H17NO2/c1-4-13-7-5-6-8-16(13)18-12-14-11-15(22-3)9-10-17(14)19(21)20(18)2/h4-12H,1H2,2-3H3. The number of aromatic nitrogens is 1. The lowest BCUT2D eigenvalue weighted by atomic mass is 10.0. The highest BCUT2D eigenvalue weighted by molar-refractivity contribution is 5.87. The van der Waals surface area contributed by atoms with Crippen molar-refractivity contribution in [3.8, 4) is 17.0 Å². The number of benzene rings is 2. The molecule has 3 heteroatoms. The van der Waals surface area contributed by atoms with E-state index in [2.05, 4.69) is 6.58 Å². The van der Waals surface area contributed by atoms with Crippen LogP contribution in [0.1, 0.15) is 5.56 Å². The quantitative estimate of drug-likeness (QED) is 0.734. The minimum absolute atomic E-state index is 0.0194. The minimum Gasteiger partial charge on any atom is -0.497 e. The van der Waals surface area contributed by atoms with Gasteiger partial charge in [-0.3, -0.25) is 4.79 Å². The fraction of sp³-hybridized carbons (Fsp3) is 0.105. The lowest BCUT2D eigenvalue weighted by molar-refractivity contribution is 0.415. The van der Waals surface area contributed by atoms with Crippen LogP contribution in [0.5, 0.6) is 5.75 Å². The van der Waals surface area contributed by atoms with E-state index in [-0.39, 0.29) is 5.56 Å². The first-order valence-corrected chi connectivity index (χ1v) is 7.05. The molecule has 0 bridgehead atoms.